The van der Waals surface area contributed by atoms with Gasteiger partial charge in [0.1, 0.15) is 0 Å². The third kappa shape index (κ3) is 79.1. The molecule has 0 heterocycles. The second-order valence-electron chi connectivity index (χ2n) is 29.9. The van der Waals surface area contributed by atoms with Gasteiger partial charge < -0.3 is 20.3 Å². The Bertz CT molecular complexity index is 1520. The third-order valence-electron chi connectivity index (χ3n) is 20.4. The zero-order valence-electron chi connectivity index (χ0n) is 64.0. The molecule has 0 aromatic heterocycles. The van der Waals surface area contributed by atoms with Crippen molar-refractivity contribution in [2.45, 2.75) is 501 Å². The maximum Gasteiger partial charge on any atom is 0.305 e. The number of amides is 1. The van der Waals surface area contributed by atoms with Crippen LogP contribution in [0.1, 0.15) is 489 Å². The number of hydrogen-bond donors (Lipinski definition) is 3. The Hall–Kier alpha value is -1.92. The first kappa shape index (κ1) is 92.1. The van der Waals surface area contributed by atoms with E-state index < -0.39 is 12.1 Å². The highest BCUT2D eigenvalue weighted by Gasteiger charge is 2.20. The fourth-order valence-corrected chi connectivity index (χ4v) is 13.8. The summed E-state index contributed by atoms with van der Waals surface area (Å²) in [7, 11) is 0. The molecule has 2 unspecified atom stereocenters. The molecule has 2 atom stereocenters. The summed E-state index contributed by atoms with van der Waals surface area (Å²) in [4.78, 5) is 24.7. The predicted octanol–water partition coefficient (Wildman–Crippen LogP) is 28.9. The summed E-state index contributed by atoms with van der Waals surface area (Å²) in [5.41, 5.74) is 0. The van der Waals surface area contributed by atoms with Gasteiger partial charge in [-0.25, -0.2) is 0 Å². The molecule has 0 spiro atoms. The average molecular weight is 1320 g/mol. The molecule has 0 saturated carbocycles. The first-order valence-corrected chi connectivity index (χ1v) is 43.2. The van der Waals surface area contributed by atoms with Crippen molar-refractivity contribution in [1.82, 2.24) is 5.32 Å². The van der Waals surface area contributed by atoms with Gasteiger partial charge in [0.25, 0.3) is 0 Å². The minimum absolute atomic E-state index is 0.0126. The van der Waals surface area contributed by atoms with Crippen molar-refractivity contribution in [2.75, 3.05) is 13.2 Å². The van der Waals surface area contributed by atoms with Crippen molar-refractivity contribution in [2.24, 2.45) is 0 Å². The summed E-state index contributed by atoms with van der Waals surface area (Å²) >= 11 is 0. The molecule has 0 fully saturated rings. The van der Waals surface area contributed by atoms with E-state index in [0.29, 0.717) is 25.9 Å². The average Bonchev–Trinajstić information content (AvgIpc) is 3.59. The molecule has 0 aliphatic rings. The Morgan fingerprint density at radius 1 is 0.298 bits per heavy atom. The van der Waals surface area contributed by atoms with E-state index in [9.17, 15) is 19.8 Å². The van der Waals surface area contributed by atoms with Gasteiger partial charge in [0.2, 0.25) is 5.91 Å². The van der Waals surface area contributed by atoms with Crippen LogP contribution in [0.4, 0.5) is 0 Å². The monoisotopic (exact) mass is 1320 g/mol. The summed E-state index contributed by atoms with van der Waals surface area (Å²) in [5, 5.41) is 23.5. The molecule has 0 aliphatic carbocycles. The second kappa shape index (κ2) is 83.5. The van der Waals surface area contributed by atoms with Crippen LogP contribution >= 0.6 is 0 Å². The van der Waals surface area contributed by atoms with Crippen molar-refractivity contribution < 1.29 is 24.5 Å². The maximum absolute atomic E-state index is 12.6. The van der Waals surface area contributed by atoms with Crippen molar-refractivity contribution in [3.8, 4) is 0 Å². The van der Waals surface area contributed by atoms with E-state index in [1.807, 2.05) is 0 Å². The lowest BCUT2D eigenvalue weighted by Crippen LogP contribution is -2.45. The molecule has 1 amide bonds. The van der Waals surface area contributed by atoms with Crippen LogP contribution in [-0.2, 0) is 14.3 Å². The number of nitrogens with one attached hydrogen (secondary N) is 1. The number of rotatable bonds is 82. The fraction of sp³-hybridized carbons (Fsp3) is 0.909. The van der Waals surface area contributed by atoms with E-state index >= 15 is 0 Å². The number of unbranched alkanes of at least 4 members (excludes halogenated alkanes) is 65. The lowest BCUT2D eigenvalue weighted by atomic mass is 10.0. The highest BCUT2D eigenvalue weighted by molar-refractivity contribution is 5.76. The Balaban J connectivity index is 3.36. The van der Waals surface area contributed by atoms with Crippen LogP contribution in [0.5, 0.6) is 0 Å². The molecule has 556 valence electrons. The molecule has 0 saturated heterocycles. The number of carbonyl (C=O) groups excluding carboxylic acids is 2. The zero-order chi connectivity index (χ0) is 67.7. The SMILES string of the molecule is CCCCCCC/C=C\CCCCCCCC(=O)OCCCCCCCCCCCCCCCCC/C=C\C/C=C\CCCCCCCCCCCCCCCCCCCC(=O)NC(CO)C(O)CCCCCCCCCCCCCCCCCCCCCCCCCC. The molecular weight excluding hydrogens is 1150 g/mol. The summed E-state index contributed by atoms with van der Waals surface area (Å²) in [6.07, 6.45) is 110. The van der Waals surface area contributed by atoms with E-state index in [-0.39, 0.29) is 18.5 Å². The minimum Gasteiger partial charge on any atom is -0.466 e. The Kier molecular flexibility index (Phi) is 81.8. The number of hydrogen-bond acceptors (Lipinski definition) is 5. The van der Waals surface area contributed by atoms with E-state index in [4.69, 9.17) is 4.74 Å². The van der Waals surface area contributed by atoms with Gasteiger partial charge in [-0.1, -0.05) is 429 Å². The largest absolute Gasteiger partial charge is 0.466 e. The number of aliphatic hydroxyl groups is 2. The molecule has 0 aromatic rings. The summed E-state index contributed by atoms with van der Waals surface area (Å²) < 4.78 is 5.49. The minimum atomic E-state index is -0.664. The van der Waals surface area contributed by atoms with Crippen LogP contribution in [0.3, 0.4) is 0 Å². The number of esters is 1. The van der Waals surface area contributed by atoms with Crippen LogP contribution in [0.2, 0.25) is 0 Å². The number of aliphatic hydroxyl groups excluding tert-OH is 2. The lowest BCUT2D eigenvalue weighted by molar-refractivity contribution is -0.143. The third-order valence-corrected chi connectivity index (χ3v) is 20.4. The molecule has 6 heteroatoms. The van der Waals surface area contributed by atoms with Crippen molar-refractivity contribution in [1.29, 1.82) is 0 Å². The van der Waals surface area contributed by atoms with Gasteiger partial charge in [-0.3, -0.25) is 9.59 Å². The van der Waals surface area contributed by atoms with Gasteiger partial charge in [-0.05, 0) is 83.5 Å². The van der Waals surface area contributed by atoms with Crippen molar-refractivity contribution in [3.05, 3.63) is 36.5 Å². The van der Waals surface area contributed by atoms with E-state index in [0.717, 1.165) is 51.4 Å². The molecular formula is C88H169NO5. The predicted molar refractivity (Wildman–Crippen MR) is 416 cm³/mol. The van der Waals surface area contributed by atoms with Crippen molar-refractivity contribution in [3.63, 3.8) is 0 Å². The van der Waals surface area contributed by atoms with E-state index in [1.54, 1.807) is 0 Å². The number of allylic oxidation sites excluding steroid dienone is 6. The maximum atomic E-state index is 12.6. The summed E-state index contributed by atoms with van der Waals surface area (Å²) in [6, 6.07) is -0.541. The second-order valence-corrected chi connectivity index (χ2v) is 29.9. The van der Waals surface area contributed by atoms with E-state index in [2.05, 4.69) is 55.6 Å². The molecule has 6 nitrogen and oxygen atoms in total. The molecule has 0 aromatic carbocycles. The van der Waals surface area contributed by atoms with Crippen molar-refractivity contribution >= 4 is 11.9 Å². The van der Waals surface area contributed by atoms with Gasteiger partial charge in [0.15, 0.2) is 0 Å². The first-order chi connectivity index (χ1) is 46.5. The highest BCUT2D eigenvalue weighted by atomic mass is 16.5. The molecule has 0 aliphatic heterocycles. The van der Waals surface area contributed by atoms with Crippen LogP contribution < -0.4 is 5.32 Å². The Morgan fingerprint density at radius 2 is 0.532 bits per heavy atom. The summed E-state index contributed by atoms with van der Waals surface area (Å²) in [6.45, 7) is 5.00. The Labute approximate surface area is 589 Å². The standard InChI is InChI=1S/C88H169NO5/c1-3-5-7-9-11-13-15-17-19-20-21-22-23-41-44-47-50-53-56-60-64-68-72-76-80-86(91)85(84-90)89-87(92)81-77-73-69-65-61-57-54-51-48-45-42-39-37-35-33-31-29-27-25-24-26-28-30-32-34-36-38-40-43-46-49-52-55-59-63-67-71-75-79-83-94-88(93)82-78-74-70-66-62-58-18-16-14-12-10-8-6-4-2/h16,18,24-25,28,30,85-86,90-91H,3-15,17,19-23,26-27,29,31-84H2,1-2H3,(H,89,92)/b18-16-,25-24-,30-28-. The van der Waals surface area contributed by atoms with Crippen LogP contribution in [0.15, 0.2) is 36.5 Å². The van der Waals surface area contributed by atoms with Gasteiger partial charge in [-0.15, -0.1) is 0 Å². The van der Waals surface area contributed by atoms with Gasteiger partial charge >= 0.3 is 5.97 Å². The molecule has 3 N–H and O–H groups in total. The van der Waals surface area contributed by atoms with Crippen LogP contribution in [-0.4, -0.2) is 47.4 Å². The normalized spacial score (nSPS) is 12.6. The topological polar surface area (TPSA) is 95.9 Å². The van der Waals surface area contributed by atoms with Gasteiger partial charge in [-0.2, -0.15) is 0 Å². The van der Waals surface area contributed by atoms with Gasteiger partial charge in [0, 0.05) is 12.8 Å². The number of ether oxygens (including phenoxy) is 1. The Morgan fingerprint density at radius 3 is 0.819 bits per heavy atom. The van der Waals surface area contributed by atoms with Gasteiger partial charge in [0.05, 0.1) is 25.4 Å². The molecule has 0 radical (unpaired) electrons. The smallest absolute Gasteiger partial charge is 0.305 e. The fourth-order valence-electron chi connectivity index (χ4n) is 13.8. The highest BCUT2D eigenvalue weighted by Crippen LogP contribution is 2.21. The van der Waals surface area contributed by atoms with Crippen LogP contribution in [0, 0.1) is 0 Å². The summed E-state index contributed by atoms with van der Waals surface area (Å²) in [5.74, 6) is -0.0133. The van der Waals surface area contributed by atoms with Crippen LogP contribution in [0.25, 0.3) is 0 Å². The molecule has 94 heavy (non-hydrogen) atoms. The lowest BCUT2D eigenvalue weighted by Gasteiger charge is -2.22. The number of carbonyl (C=O) groups is 2. The first-order valence-electron chi connectivity index (χ1n) is 43.2. The quantitative estimate of drug-likeness (QED) is 0.0320. The van der Waals surface area contributed by atoms with E-state index in [1.165, 1.54) is 405 Å². The molecule has 0 rings (SSSR count). The zero-order valence-corrected chi connectivity index (χ0v) is 64.0. The molecule has 0 bridgehead atoms.